The van der Waals surface area contributed by atoms with Gasteiger partial charge in [-0.2, -0.15) is 0 Å². The largest absolute Gasteiger partial charge is 0.508 e. The molecule has 1 fully saturated rings. The summed E-state index contributed by atoms with van der Waals surface area (Å²) < 4.78 is 6.26. The Bertz CT molecular complexity index is 577. The van der Waals surface area contributed by atoms with Gasteiger partial charge in [-0.3, -0.25) is 4.90 Å². The minimum atomic E-state index is -0.293. The maximum atomic E-state index is 9.81. The smallest absolute Gasteiger partial charge is 0.115 e. The molecule has 1 heterocycles. The number of phenols is 1. The second-order valence-corrected chi connectivity index (χ2v) is 6.83. The predicted octanol–water partition coefficient (Wildman–Crippen LogP) is 3.42. The first-order chi connectivity index (χ1) is 9.91. The van der Waals surface area contributed by atoms with Gasteiger partial charge in [-0.25, -0.2) is 0 Å². The van der Waals surface area contributed by atoms with E-state index in [9.17, 15) is 5.11 Å². The van der Waals surface area contributed by atoms with E-state index in [0.29, 0.717) is 24.4 Å². The third-order valence-electron chi connectivity index (χ3n) is 5.24. The van der Waals surface area contributed by atoms with Gasteiger partial charge in [-0.1, -0.05) is 24.6 Å². The first kappa shape index (κ1) is 14.6. The molecule has 0 amide bonds. The zero-order valence-electron chi connectivity index (χ0n) is 13.4. The molecule has 3 rings (SSSR count). The van der Waals surface area contributed by atoms with Crippen molar-refractivity contribution in [1.29, 1.82) is 0 Å². The third kappa shape index (κ3) is 2.39. The van der Waals surface area contributed by atoms with Crippen LogP contribution in [0, 0.1) is 5.92 Å². The molecular weight excluding hydrogens is 262 g/mol. The predicted molar refractivity (Wildman–Crippen MR) is 84.2 cm³/mol. The summed E-state index contributed by atoms with van der Waals surface area (Å²) >= 11 is 0. The van der Waals surface area contributed by atoms with Crippen LogP contribution in [0.15, 0.2) is 29.8 Å². The van der Waals surface area contributed by atoms with E-state index in [1.165, 1.54) is 11.1 Å². The molecule has 1 N–H and O–H groups in total. The minimum Gasteiger partial charge on any atom is -0.508 e. The maximum absolute atomic E-state index is 9.81. The molecule has 0 spiro atoms. The van der Waals surface area contributed by atoms with E-state index in [1.54, 1.807) is 6.07 Å². The normalized spacial score (nSPS) is 31.6. The Morgan fingerprint density at radius 3 is 2.95 bits per heavy atom. The number of hydrogen-bond donors (Lipinski definition) is 1. The monoisotopic (exact) mass is 287 g/mol. The second-order valence-electron chi connectivity index (χ2n) is 6.83. The molecule has 1 aliphatic carbocycles. The van der Waals surface area contributed by atoms with Crippen molar-refractivity contribution in [2.75, 3.05) is 13.3 Å². The molecule has 0 radical (unpaired) electrons. The van der Waals surface area contributed by atoms with Crippen LogP contribution in [0.4, 0.5) is 0 Å². The highest BCUT2D eigenvalue weighted by Gasteiger charge is 2.49. The molecule has 0 aromatic heterocycles. The third-order valence-corrected chi connectivity index (χ3v) is 5.24. The molecule has 114 valence electrons. The zero-order chi connectivity index (χ0) is 15.2. The highest BCUT2D eigenvalue weighted by atomic mass is 16.5. The summed E-state index contributed by atoms with van der Waals surface area (Å²) in [4.78, 5) is 2.43. The van der Waals surface area contributed by atoms with E-state index in [2.05, 4.69) is 44.7 Å². The van der Waals surface area contributed by atoms with Crippen LogP contribution < -0.4 is 0 Å². The van der Waals surface area contributed by atoms with E-state index in [4.69, 9.17) is 4.74 Å². The lowest BCUT2D eigenvalue weighted by Gasteiger charge is -2.53. The highest BCUT2D eigenvalue weighted by molar-refractivity contribution is 5.42. The van der Waals surface area contributed by atoms with Crippen LogP contribution in [0.25, 0.3) is 0 Å². The number of rotatable bonds is 2. The highest BCUT2D eigenvalue weighted by Crippen LogP contribution is 2.47. The summed E-state index contributed by atoms with van der Waals surface area (Å²) in [7, 11) is 0. The Labute approximate surface area is 127 Å². The number of benzene rings is 1. The standard InChI is InChI=1S/C18H25NO2/c1-12(2)7-8-19-11-21-18(4)13(3)17(19)9-14-5-6-15(20)10-16(14)18/h5-7,10,13,17,20H,8-9,11H2,1-4H3/t13?,17-,18-/m0/s1. The van der Waals surface area contributed by atoms with Crippen LogP contribution >= 0.6 is 0 Å². The Morgan fingerprint density at radius 2 is 2.24 bits per heavy atom. The van der Waals surface area contributed by atoms with Gasteiger partial charge in [-0.05, 0) is 50.5 Å². The van der Waals surface area contributed by atoms with Gasteiger partial charge in [-0.15, -0.1) is 0 Å². The van der Waals surface area contributed by atoms with Crippen molar-refractivity contribution < 1.29 is 9.84 Å². The van der Waals surface area contributed by atoms with Crippen LogP contribution in [-0.2, 0) is 16.8 Å². The fourth-order valence-electron chi connectivity index (χ4n) is 3.67. The van der Waals surface area contributed by atoms with Crippen LogP contribution in [0.3, 0.4) is 0 Å². The van der Waals surface area contributed by atoms with Crippen molar-refractivity contribution in [3.05, 3.63) is 41.0 Å². The number of hydrogen-bond acceptors (Lipinski definition) is 3. The molecule has 2 bridgehead atoms. The quantitative estimate of drug-likeness (QED) is 0.846. The summed E-state index contributed by atoms with van der Waals surface area (Å²) in [5.41, 5.74) is 3.52. The van der Waals surface area contributed by atoms with E-state index in [-0.39, 0.29) is 5.60 Å². The van der Waals surface area contributed by atoms with Gasteiger partial charge in [0.05, 0.1) is 5.60 Å². The molecule has 1 aromatic rings. The van der Waals surface area contributed by atoms with Gasteiger partial charge in [0.25, 0.3) is 0 Å². The first-order valence-corrected chi connectivity index (χ1v) is 7.75. The number of fused-ring (bicyclic) bond motifs is 4. The molecule has 3 nitrogen and oxygen atoms in total. The van der Waals surface area contributed by atoms with Crippen LogP contribution in [0.5, 0.6) is 5.75 Å². The zero-order valence-corrected chi connectivity index (χ0v) is 13.4. The summed E-state index contributed by atoms with van der Waals surface area (Å²) in [5.74, 6) is 0.738. The number of ether oxygens (including phenoxy) is 1. The van der Waals surface area contributed by atoms with Gasteiger partial charge in [0.1, 0.15) is 12.5 Å². The average molecular weight is 287 g/mol. The molecule has 0 saturated carbocycles. The summed E-state index contributed by atoms with van der Waals surface area (Å²) in [6.07, 6.45) is 3.30. The molecule has 1 unspecified atom stereocenters. The van der Waals surface area contributed by atoms with Crippen LogP contribution in [0.1, 0.15) is 38.8 Å². The molecule has 1 aromatic carbocycles. The van der Waals surface area contributed by atoms with Crippen molar-refractivity contribution in [1.82, 2.24) is 4.90 Å². The lowest BCUT2D eigenvalue weighted by molar-refractivity contribution is -0.195. The van der Waals surface area contributed by atoms with E-state index in [0.717, 1.165) is 18.5 Å². The molecule has 3 atom stereocenters. The average Bonchev–Trinajstić information content (AvgIpc) is 2.43. The first-order valence-electron chi connectivity index (χ1n) is 7.75. The van der Waals surface area contributed by atoms with E-state index < -0.39 is 0 Å². The summed E-state index contributed by atoms with van der Waals surface area (Å²) in [5, 5.41) is 9.81. The lowest BCUT2D eigenvalue weighted by atomic mass is 9.69. The Kier molecular flexibility index (Phi) is 3.58. The molecule has 21 heavy (non-hydrogen) atoms. The van der Waals surface area contributed by atoms with Crippen LogP contribution in [-0.4, -0.2) is 29.3 Å². The van der Waals surface area contributed by atoms with Crippen molar-refractivity contribution in [3.8, 4) is 5.75 Å². The fourth-order valence-corrected chi connectivity index (χ4v) is 3.67. The SMILES string of the molecule is CC(C)=CCN1CO[C@]2(C)c3cc(O)ccc3C[C@H]1C2C. The molecular formula is C18H25NO2. The summed E-state index contributed by atoms with van der Waals surface area (Å²) in [6, 6.07) is 6.22. The van der Waals surface area contributed by atoms with Crippen molar-refractivity contribution in [3.63, 3.8) is 0 Å². The fraction of sp³-hybridized carbons (Fsp3) is 0.556. The molecule has 3 heteroatoms. The number of phenolic OH excluding ortho intramolecular Hbond substituents is 1. The number of aromatic hydroxyl groups is 1. The summed E-state index contributed by atoms with van der Waals surface area (Å²) in [6.45, 7) is 10.3. The molecule has 2 aliphatic rings. The maximum Gasteiger partial charge on any atom is 0.115 e. The Morgan fingerprint density at radius 1 is 1.48 bits per heavy atom. The minimum absolute atomic E-state index is 0.293. The van der Waals surface area contributed by atoms with Gasteiger partial charge in [0.15, 0.2) is 0 Å². The topological polar surface area (TPSA) is 32.7 Å². The van der Waals surface area contributed by atoms with Gasteiger partial charge in [0.2, 0.25) is 0 Å². The van der Waals surface area contributed by atoms with Crippen molar-refractivity contribution in [2.24, 2.45) is 5.92 Å². The molecule has 1 saturated heterocycles. The van der Waals surface area contributed by atoms with Crippen molar-refractivity contribution >= 4 is 0 Å². The Balaban J connectivity index is 1.96. The van der Waals surface area contributed by atoms with Gasteiger partial charge >= 0.3 is 0 Å². The van der Waals surface area contributed by atoms with Gasteiger partial charge in [0, 0.05) is 18.5 Å². The van der Waals surface area contributed by atoms with Gasteiger partial charge < -0.3 is 9.84 Å². The van der Waals surface area contributed by atoms with Crippen LogP contribution in [0.2, 0.25) is 0 Å². The second kappa shape index (κ2) is 5.15. The number of allylic oxidation sites excluding steroid dienone is 1. The van der Waals surface area contributed by atoms with E-state index in [1.807, 2.05) is 6.07 Å². The lowest BCUT2D eigenvalue weighted by Crippen LogP contribution is -2.59. The van der Waals surface area contributed by atoms with Crippen molar-refractivity contribution in [2.45, 2.75) is 45.8 Å². The van der Waals surface area contributed by atoms with E-state index >= 15 is 0 Å². The molecule has 1 aliphatic heterocycles. The number of nitrogens with zero attached hydrogens (tertiary/aromatic N) is 1. The Hall–Kier alpha value is -1.32.